The Morgan fingerprint density at radius 1 is 1.00 bits per heavy atom. The molecule has 11 heteroatoms. The van der Waals surface area contributed by atoms with Crippen molar-refractivity contribution in [1.29, 1.82) is 0 Å². The molecule has 0 atom stereocenters. The van der Waals surface area contributed by atoms with Crippen molar-refractivity contribution in [2.24, 2.45) is 0 Å². The van der Waals surface area contributed by atoms with Gasteiger partial charge in [-0.25, -0.2) is 4.79 Å². The minimum Gasteiger partial charge on any atom is -0.475 e. The first-order chi connectivity index (χ1) is 17.0. The van der Waals surface area contributed by atoms with Gasteiger partial charge in [0.25, 0.3) is 5.91 Å². The van der Waals surface area contributed by atoms with Crippen molar-refractivity contribution in [2.45, 2.75) is 12.6 Å². The van der Waals surface area contributed by atoms with Crippen LogP contribution in [0.4, 0.5) is 18.9 Å². The van der Waals surface area contributed by atoms with E-state index >= 15 is 0 Å². The number of aliphatic carboxylic acids is 1. The van der Waals surface area contributed by atoms with E-state index < -0.39 is 12.1 Å². The van der Waals surface area contributed by atoms with Crippen molar-refractivity contribution in [3.05, 3.63) is 65.7 Å². The molecule has 36 heavy (non-hydrogen) atoms. The highest BCUT2D eigenvalue weighted by Crippen LogP contribution is 2.16. The molecule has 0 radical (unpaired) electrons. The van der Waals surface area contributed by atoms with E-state index in [9.17, 15) is 22.8 Å². The number of hydrogen-bond acceptors (Lipinski definition) is 5. The Balaban J connectivity index is 0.000000572. The smallest absolute Gasteiger partial charge is 0.475 e. The van der Waals surface area contributed by atoms with Gasteiger partial charge >= 0.3 is 12.1 Å². The van der Waals surface area contributed by atoms with E-state index in [4.69, 9.17) is 9.90 Å². The minimum atomic E-state index is -5.08. The summed E-state index contributed by atoms with van der Waals surface area (Å²) in [5.41, 5.74) is 2.73. The number of carboxylic acids is 1. The van der Waals surface area contributed by atoms with E-state index in [1.54, 1.807) is 4.90 Å². The van der Waals surface area contributed by atoms with E-state index in [-0.39, 0.29) is 18.4 Å². The number of carboxylic acid groups (broad SMARTS) is 1. The lowest BCUT2D eigenvalue weighted by Gasteiger charge is -2.30. The van der Waals surface area contributed by atoms with Crippen LogP contribution in [0.3, 0.4) is 0 Å². The predicted molar refractivity (Wildman–Crippen MR) is 130 cm³/mol. The van der Waals surface area contributed by atoms with Crippen molar-refractivity contribution >= 4 is 23.5 Å². The van der Waals surface area contributed by atoms with Crippen molar-refractivity contribution in [3.63, 3.8) is 0 Å². The van der Waals surface area contributed by atoms with E-state index in [2.05, 4.69) is 5.32 Å². The zero-order valence-electron chi connectivity index (χ0n) is 20.3. The number of carbonyl (C=O) groups excluding carboxylic acids is 2. The van der Waals surface area contributed by atoms with Gasteiger partial charge in [-0.15, -0.1) is 0 Å². The second kappa shape index (κ2) is 13.5. The molecular formula is C25H31F3N4O4. The molecule has 0 unspecified atom stereocenters. The van der Waals surface area contributed by atoms with Crippen LogP contribution in [0.25, 0.3) is 0 Å². The van der Waals surface area contributed by atoms with Crippen LogP contribution in [0.1, 0.15) is 15.9 Å². The molecule has 0 saturated carbocycles. The molecule has 1 aliphatic heterocycles. The van der Waals surface area contributed by atoms with Gasteiger partial charge in [0, 0.05) is 58.1 Å². The number of nitrogens with zero attached hydrogens (tertiary/aromatic N) is 3. The monoisotopic (exact) mass is 508 g/mol. The van der Waals surface area contributed by atoms with Crippen LogP contribution in [0.2, 0.25) is 0 Å². The maximum absolute atomic E-state index is 13.3. The summed E-state index contributed by atoms with van der Waals surface area (Å²) in [4.78, 5) is 40.5. The van der Waals surface area contributed by atoms with Crippen LogP contribution < -0.4 is 10.2 Å². The standard InChI is InChI=1S/C23H30N4O2.C2HF3O2/c1-25(2)21-10-6-9-20(17-21)23(29)27(14-11-19-7-4-3-5-8-19)18-22(28)26-15-12-24-13-16-26;3-2(4,5)1(6)7/h3-10,17,24H,11-16,18H2,1-2H3;(H,6,7). The fraction of sp³-hybridized carbons (Fsp3) is 0.400. The molecule has 2 aromatic carbocycles. The summed E-state index contributed by atoms with van der Waals surface area (Å²) in [6.45, 7) is 3.60. The first kappa shape index (κ1) is 28.6. The molecule has 2 amide bonds. The van der Waals surface area contributed by atoms with Gasteiger partial charge in [-0.1, -0.05) is 36.4 Å². The molecule has 0 aliphatic carbocycles. The third kappa shape index (κ3) is 9.21. The van der Waals surface area contributed by atoms with Crippen LogP contribution in [0.5, 0.6) is 0 Å². The van der Waals surface area contributed by atoms with E-state index in [0.29, 0.717) is 25.2 Å². The van der Waals surface area contributed by atoms with E-state index in [1.807, 2.05) is 78.5 Å². The molecule has 0 bridgehead atoms. The van der Waals surface area contributed by atoms with Crippen LogP contribution in [-0.4, -0.2) is 92.2 Å². The zero-order chi connectivity index (χ0) is 26.7. The third-order valence-electron chi connectivity index (χ3n) is 5.45. The number of alkyl halides is 3. The first-order valence-electron chi connectivity index (χ1n) is 11.4. The van der Waals surface area contributed by atoms with Crippen molar-refractivity contribution in [3.8, 4) is 0 Å². The highest BCUT2D eigenvalue weighted by atomic mass is 19.4. The SMILES string of the molecule is CN(C)c1cccc(C(=O)N(CCc2ccccc2)CC(=O)N2CCNCC2)c1.O=C(O)C(F)(F)F. The number of carbonyl (C=O) groups is 3. The molecule has 2 aromatic rings. The summed E-state index contributed by atoms with van der Waals surface area (Å²) >= 11 is 0. The van der Waals surface area contributed by atoms with Crippen LogP contribution in [0, 0.1) is 0 Å². The van der Waals surface area contributed by atoms with Gasteiger partial charge in [-0.2, -0.15) is 13.2 Å². The fourth-order valence-corrected chi connectivity index (χ4v) is 3.44. The molecule has 1 heterocycles. The van der Waals surface area contributed by atoms with Crippen LogP contribution >= 0.6 is 0 Å². The number of piperazine rings is 1. The second-order valence-corrected chi connectivity index (χ2v) is 8.34. The Bertz CT molecular complexity index is 1010. The molecule has 2 N–H and O–H groups in total. The predicted octanol–water partition coefficient (Wildman–Crippen LogP) is 2.50. The Morgan fingerprint density at radius 3 is 2.17 bits per heavy atom. The topological polar surface area (TPSA) is 93.2 Å². The van der Waals surface area contributed by atoms with Crippen molar-refractivity contribution in [2.75, 3.05) is 58.3 Å². The third-order valence-corrected chi connectivity index (χ3v) is 5.45. The molecule has 8 nitrogen and oxygen atoms in total. The number of halogens is 3. The number of nitrogens with one attached hydrogen (secondary N) is 1. The van der Waals surface area contributed by atoms with Gasteiger partial charge in [0.2, 0.25) is 5.91 Å². The van der Waals surface area contributed by atoms with Crippen molar-refractivity contribution in [1.82, 2.24) is 15.1 Å². The maximum atomic E-state index is 13.3. The summed E-state index contributed by atoms with van der Waals surface area (Å²) in [5, 5.41) is 10.4. The summed E-state index contributed by atoms with van der Waals surface area (Å²) in [6.07, 6.45) is -4.37. The second-order valence-electron chi connectivity index (χ2n) is 8.34. The average molecular weight is 509 g/mol. The van der Waals surface area contributed by atoms with Gasteiger partial charge in [0.1, 0.15) is 6.54 Å². The number of rotatable bonds is 7. The average Bonchev–Trinajstić information content (AvgIpc) is 2.87. The Kier molecular flexibility index (Phi) is 10.7. The summed E-state index contributed by atoms with van der Waals surface area (Å²) in [6, 6.07) is 17.6. The molecule has 196 valence electrons. The summed E-state index contributed by atoms with van der Waals surface area (Å²) in [5.74, 6) is -2.85. The van der Waals surface area contributed by atoms with E-state index in [0.717, 1.165) is 30.8 Å². The molecular weight excluding hydrogens is 477 g/mol. The Hall–Kier alpha value is -3.60. The lowest BCUT2D eigenvalue weighted by molar-refractivity contribution is -0.192. The summed E-state index contributed by atoms with van der Waals surface area (Å²) < 4.78 is 31.7. The lowest BCUT2D eigenvalue weighted by atomic mass is 10.1. The largest absolute Gasteiger partial charge is 0.490 e. The zero-order valence-corrected chi connectivity index (χ0v) is 20.3. The lowest BCUT2D eigenvalue weighted by Crippen LogP contribution is -2.50. The molecule has 1 saturated heterocycles. The van der Waals surface area contributed by atoms with E-state index in [1.165, 1.54) is 0 Å². The van der Waals surface area contributed by atoms with Gasteiger partial charge in [-0.05, 0) is 30.2 Å². The van der Waals surface area contributed by atoms with Gasteiger partial charge in [0.15, 0.2) is 0 Å². The van der Waals surface area contributed by atoms with Gasteiger partial charge < -0.3 is 25.1 Å². The normalized spacial score (nSPS) is 13.3. The highest BCUT2D eigenvalue weighted by molar-refractivity contribution is 5.97. The van der Waals surface area contributed by atoms with Crippen LogP contribution in [-0.2, 0) is 16.0 Å². The number of hydrogen-bond donors (Lipinski definition) is 2. The first-order valence-corrected chi connectivity index (χ1v) is 11.4. The highest BCUT2D eigenvalue weighted by Gasteiger charge is 2.38. The fourth-order valence-electron chi connectivity index (χ4n) is 3.44. The number of benzene rings is 2. The molecule has 1 fully saturated rings. The number of amides is 2. The van der Waals surface area contributed by atoms with Crippen molar-refractivity contribution < 1.29 is 32.7 Å². The molecule has 1 aliphatic rings. The number of anilines is 1. The van der Waals surface area contributed by atoms with Gasteiger partial charge in [0.05, 0.1) is 0 Å². The Labute approximate surface area is 208 Å². The minimum absolute atomic E-state index is 0.0108. The Morgan fingerprint density at radius 2 is 1.61 bits per heavy atom. The molecule has 0 aromatic heterocycles. The van der Waals surface area contributed by atoms with Gasteiger partial charge in [-0.3, -0.25) is 9.59 Å². The molecule has 0 spiro atoms. The quantitative estimate of drug-likeness (QED) is 0.597. The summed E-state index contributed by atoms with van der Waals surface area (Å²) in [7, 11) is 3.90. The maximum Gasteiger partial charge on any atom is 0.490 e. The van der Waals surface area contributed by atoms with Crippen LogP contribution in [0.15, 0.2) is 54.6 Å². The molecule has 3 rings (SSSR count).